The van der Waals surface area contributed by atoms with Crippen LogP contribution in [0.4, 0.5) is 5.95 Å². The van der Waals surface area contributed by atoms with Gasteiger partial charge >= 0.3 is 6.01 Å². The van der Waals surface area contributed by atoms with Gasteiger partial charge in [0.2, 0.25) is 11.1 Å². The first-order valence-electron chi connectivity index (χ1n) is 5.87. The van der Waals surface area contributed by atoms with Crippen LogP contribution in [0.5, 0.6) is 6.01 Å². The van der Waals surface area contributed by atoms with Crippen LogP contribution < -0.4 is 10.1 Å². The Balaban J connectivity index is 2.16. The van der Waals surface area contributed by atoms with E-state index in [9.17, 15) is 0 Å². The fourth-order valence-electron chi connectivity index (χ4n) is 1.15. The van der Waals surface area contributed by atoms with Gasteiger partial charge in [-0.15, -0.1) is 10.2 Å². The highest BCUT2D eigenvalue weighted by Crippen LogP contribution is 2.31. The van der Waals surface area contributed by atoms with E-state index >= 15 is 0 Å². The number of nitrogens with one attached hydrogen (secondary N) is 1. The van der Waals surface area contributed by atoms with Gasteiger partial charge in [0.25, 0.3) is 0 Å². The van der Waals surface area contributed by atoms with E-state index in [2.05, 4.69) is 30.5 Å². The van der Waals surface area contributed by atoms with Gasteiger partial charge < -0.3 is 10.1 Å². The Bertz CT molecular complexity index is 564. The van der Waals surface area contributed by atoms with Crippen molar-refractivity contribution in [3.8, 4) is 6.01 Å². The number of hydrogen-bond acceptors (Lipinski definition) is 10. The lowest BCUT2D eigenvalue weighted by atomic mass is 10.5. The maximum Gasteiger partial charge on any atom is 0.322 e. The van der Waals surface area contributed by atoms with Crippen molar-refractivity contribution in [3.05, 3.63) is 0 Å². The molecule has 0 saturated carbocycles. The van der Waals surface area contributed by atoms with Crippen LogP contribution in [0, 0.1) is 0 Å². The molecule has 2 aromatic heterocycles. The van der Waals surface area contributed by atoms with Crippen molar-refractivity contribution in [3.63, 3.8) is 0 Å². The van der Waals surface area contributed by atoms with E-state index in [0.29, 0.717) is 23.7 Å². The number of aromatic nitrogens is 5. The van der Waals surface area contributed by atoms with Crippen LogP contribution in [0.1, 0.15) is 13.3 Å². The molecule has 1 N–H and O–H groups in total. The zero-order valence-electron chi connectivity index (χ0n) is 11.3. The lowest BCUT2D eigenvalue weighted by Crippen LogP contribution is -2.05. The van der Waals surface area contributed by atoms with E-state index < -0.39 is 0 Å². The van der Waals surface area contributed by atoms with Crippen LogP contribution >= 0.6 is 34.9 Å². The van der Waals surface area contributed by atoms with Crippen LogP contribution in [-0.2, 0) is 0 Å². The highest BCUT2D eigenvalue weighted by Gasteiger charge is 2.11. The Labute approximate surface area is 129 Å². The molecule has 0 aromatic carbocycles. The first-order chi connectivity index (χ1) is 9.75. The van der Waals surface area contributed by atoms with Gasteiger partial charge in [0, 0.05) is 7.05 Å². The molecule has 2 rings (SSSR count). The largest absolute Gasteiger partial charge is 0.463 e. The van der Waals surface area contributed by atoms with Crippen LogP contribution in [0.15, 0.2) is 13.8 Å². The van der Waals surface area contributed by atoms with Crippen LogP contribution in [0.2, 0.25) is 0 Å². The third-order valence-electron chi connectivity index (χ3n) is 1.99. The van der Waals surface area contributed by atoms with E-state index in [1.54, 1.807) is 18.8 Å². The average molecular weight is 330 g/mol. The van der Waals surface area contributed by atoms with Gasteiger partial charge in [-0.3, -0.25) is 0 Å². The summed E-state index contributed by atoms with van der Waals surface area (Å²) in [5.74, 6) is 0.475. The number of anilines is 1. The van der Waals surface area contributed by atoms with Gasteiger partial charge in [-0.1, -0.05) is 30.0 Å². The Kier molecular flexibility index (Phi) is 5.80. The molecule has 2 aromatic rings. The molecule has 0 aliphatic heterocycles. The lowest BCUT2D eigenvalue weighted by Gasteiger charge is -2.05. The normalized spacial score (nSPS) is 10.6. The van der Waals surface area contributed by atoms with Gasteiger partial charge in [-0.25, -0.2) is 0 Å². The molecule has 2 heterocycles. The van der Waals surface area contributed by atoms with Crippen molar-refractivity contribution >= 4 is 40.8 Å². The molecule has 20 heavy (non-hydrogen) atoms. The first kappa shape index (κ1) is 15.3. The smallest absolute Gasteiger partial charge is 0.322 e. The molecule has 10 heteroatoms. The second kappa shape index (κ2) is 7.60. The summed E-state index contributed by atoms with van der Waals surface area (Å²) in [6, 6.07) is 0.323. The van der Waals surface area contributed by atoms with E-state index in [1.807, 2.05) is 13.2 Å². The molecule has 0 bridgehead atoms. The van der Waals surface area contributed by atoms with Gasteiger partial charge in [-0.05, 0) is 24.4 Å². The molecule has 0 amide bonds. The van der Waals surface area contributed by atoms with Crippen LogP contribution in [0.3, 0.4) is 0 Å². The summed E-state index contributed by atoms with van der Waals surface area (Å²) >= 11 is 4.42. The minimum absolute atomic E-state index is 0.323. The zero-order valence-corrected chi connectivity index (χ0v) is 13.7. The summed E-state index contributed by atoms with van der Waals surface area (Å²) in [7, 11) is 1.75. The molecule has 7 nitrogen and oxygen atoms in total. The van der Waals surface area contributed by atoms with Crippen molar-refractivity contribution in [2.45, 2.75) is 27.2 Å². The van der Waals surface area contributed by atoms with Crippen molar-refractivity contribution in [2.75, 3.05) is 25.2 Å². The predicted molar refractivity (Wildman–Crippen MR) is 81.0 cm³/mol. The van der Waals surface area contributed by atoms with E-state index in [-0.39, 0.29) is 0 Å². The number of rotatable bonds is 7. The average Bonchev–Trinajstić information content (AvgIpc) is 2.92. The molecule has 0 aliphatic rings. The second-order valence-corrected chi connectivity index (χ2v) is 6.71. The molecule has 0 saturated heterocycles. The van der Waals surface area contributed by atoms with Crippen molar-refractivity contribution in [2.24, 2.45) is 0 Å². The summed E-state index contributed by atoms with van der Waals surface area (Å²) < 4.78 is 7.16. The van der Waals surface area contributed by atoms with E-state index in [1.165, 1.54) is 23.1 Å². The minimum Gasteiger partial charge on any atom is -0.463 e. The molecule has 0 fully saturated rings. The topological polar surface area (TPSA) is 85.7 Å². The van der Waals surface area contributed by atoms with Crippen molar-refractivity contribution in [1.29, 1.82) is 0 Å². The highest BCUT2D eigenvalue weighted by atomic mass is 32.2. The quantitative estimate of drug-likeness (QED) is 0.769. The fraction of sp³-hybridized carbons (Fsp3) is 0.500. The summed E-state index contributed by atoms with van der Waals surface area (Å²) in [4.78, 5) is 12.7. The van der Waals surface area contributed by atoms with Crippen LogP contribution in [0.25, 0.3) is 0 Å². The molecular weight excluding hydrogens is 316 g/mol. The number of hydrogen-bond donors (Lipinski definition) is 1. The lowest BCUT2D eigenvalue weighted by molar-refractivity contribution is 0.288. The number of ether oxygens (including phenoxy) is 1. The van der Waals surface area contributed by atoms with Crippen molar-refractivity contribution < 1.29 is 4.74 Å². The molecule has 0 unspecified atom stereocenters. The Morgan fingerprint density at radius 1 is 1.20 bits per heavy atom. The third kappa shape index (κ3) is 4.18. The maximum absolute atomic E-state index is 5.45. The molecule has 0 atom stereocenters. The van der Waals surface area contributed by atoms with Gasteiger partial charge in [0.1, 0.15) is 0 Å². The summed E-state index contributed by atoms with van der Waals surface area (Å²) in [5.41, 5.74) is 0. The Morgan fingerprint density at radius 2 is 2.00 bits per heavy atom. The fourth-order valence-corrected chi connectivity index (χ4v) is 3.44. The monoisotopic (exact) mass is 330 g/mol. The Morgan fingerprint density at radius 3 is 2.65 bits per heavy atom. The minimum atomic E-state index is 0.323. The zero-order chi connectivity index (χ0) is 14.4. The molecule has 108 valence electrons. The number of thioether (sulfide) groups is 1. The first-order valence-corrected chi connectivity index (χ1v) is 8.73. The van der Waals surface area contributed by atoms with Crippen LogP contribution in [-0.4, -0.2) is 45.1 Å². The highest BCUT2D eigenvalue weighted by molar-refractivity contribution is 8.02. The molecule has 0 aliphatic carbocycles. The van der Waals surface area contributed by atoms with E-state index in [4.69, 9.17) is 4.74 Å². The molecular formula is C10H14N6OS3. The molecule has 0 radical (unpaired) electrons. The van der Waals surface area contributed by atoms with Gasteiger partial charge in [-0.2, -0.15) is 15.0 Å². The van der Waals surface area contributed by atoms with Gasteiger partial charge in [0.05, 0.1) is 6.61 Å². The molecule has 0 spiro atoms. The second-order valence-electron chi connectivity index (χ2n) is 3.46. The van der Waals surface area contributed by atoms with E-state index in [0.717, 1.165) is 15.1 Å². The standard InChI is InChI=1S/C10H14N6OS3/c1-4-5-17-7-12-6(11-2)13-8(14-7)19-10-16-15-9(18-3)20-10/h4-5H2,1-3H3,(H,11,12,13,14). The maximum atomic E-state index is 5.45. The summed E-state index contributed by atoms with van der Waals surface area (Å²) in [6.45, 7) is 2.60. The Hall–Kier alpha value is -1.13. The summed E-state index contributed by atoms with van der Waals surface area (Å²) in [6.07, 6.45) is 2.87. The van der Waals surface area contributed by atoms with Gasteiger partial charge in [0.15, 0.2) is 8.68 Å². The summed E-state index contributed by atoms with van der Waals surface area (Å²) in [5, 5.41) is 11.6. The number of nitrogens with zero attached hydrogens (tertiary/aromatic N) is 5. The van der Waals surface area contributed by atoms with Crippen molar-refractivity contribution in [1.82, 2.24) is 25.1 Å². The third-order valence-corrected chi connectivity index (χ3v) is 4.81. The SMILES string of the molecule is CCCOc1nc(NC)nc(Sc2nnc(SC)s2)n1. The predicted octanol–water partition coefficient (Wildman–Crippen LogP) is 2.43.